The van der Waals surface area contributed by atoms with Crippen LogP contribution in [0.15, 0.2) is 0 Å². The first kappa shape index (κ1) is 25.6. The van der Waals surface area contributed by atoms with E-state index in [0.717, 1.165) is 0 Å². The third-order valence-corrected chi connectivity index (χ3v) is 4.52. The molecule has 0 aliphatic carbocycles. The Morgan fingerprint density at radius 2 is 1.47 bits per heavy atom. The van der Waals surface area contributed by atoms with Crippen LogP contribution < -0.4 is 5.32 Å². The second-order valence-electron chi connectivity index (χ2n) is 6.59. The van der Waals surface area contributed by atoms with Gasteiger partial charge in [-0.3, -0.25) is 19.2 Å². The van der Waals surface area contributed by atoms with Crippen LogP contribution >= 0.6 is 12.2 Å². The van der Waals surface area contributed by atoms with Crippen LogP contribution in [-0.2, 0) is 42.9 Å². The minimum absolute atomic E-state index is 0.264. The summed E-state index contributed by atoms with van der Waals surface area (Å²) in [5.41, 5.74) is 0. The van der Waals surface area contributed by atoms with Gasteiger partial charge in [0.05, 0.1) is 0 Å². The summed E-state index contributed by atoms with van der Waals surface area (Å²) in [6, 6.07) is -1.00. The Morgan fingerprint density at radius 1 is 0.933 bits per heavy atom. The summed E-state index contributed by atoms with van der Waals surface area (Å²) in [6.45, 7) is 6.83. The number of rotatable bonds is 7. The molecule has 11 nitrogen and oxygen atoms in total. The molecule has 0 saturated carbocycles. The summed E-state index contributed by atoms with van der Waals surface area (Å²) < 4.78 is 26.7. The summed E-state index contributed by atoms with van der Waals surface area (Å²) in [5, 5.41) is 3.21. The number of esters is 4. The minimum atomic E-state index is -1.28. The van der Waals surface area contributed by atoms with Crippen LogP contribution in [0.2, 0.25) is 0 Å². The lowest BCUT2D eigenvalue weighted by Gasteiger charge is -2.45. The molecule has 0 amide bonds. The molecule has 30 heavy (non-hydrogen) atoms. The van der Waals surface area contributed by atoms with E-state index in [1.807, 2.05) is 6.92 Å². The Bertz CT molecular complexity index is 672. The van der Waals surface area contributed by atoms with Gasteiger partial charge < -0.3 is 33.9 Å². The molecule has 1 rings (SSSR count). The van der Waals surface area contributed by atoms with Crippen LogP contribution in [0.25, 0.3) is 0 Å². The standard InChI is InChI=1S/C18H28N2O9S/c1-7-20(6)18(30)19-14-16(27-11(4)23)15(26-10(3)22)13(8-25-9(2)21)29-17(14)28-12(5)24/h13-17H,7-8H2,1-6H3,(H,19,30)/t13-,14-,15-,16-,17-/m1/s1. The number of nitrogens with zero attached hydrogens (tertiary/aromatic N) is 1. The summed E-state index contributed by atoms with van der Waals surface area (Å²) in [6.07, 6.45) is -4.66. The van der Waals surface area contributed by atoms with E-state index >= 15 is 0 Å². The predicted molar refractivity (Wildman–Crippen MR) is 106 cm³/mol. The highest BCUT2D eigenvalue weighted by Crippen LogP contribution is 2.28. The van der Waals surface area contributed by atoms with Crippen molar-refractivity contribution in [1.82, 2.24) is 10.2 Å². The van der Waals surface area contributed by atoms with Crippen molar-refractivity contribution < 1.29 is 42.9 Å². The summed E-state index contributed by atoms with van der Waals surface area (Å²) in [7, 11) is 1.73. The van der Waals surface area contributed by atoms with E-state index in [1.54, 1.807) is 11.9 Å². The second-order valence-corrected chi connectivity index (χ2v) is 6.98. The average molecular weight is 448 g/mol. The molecule has 0 radical (unpaired) electrons. The SMILES string of the molecule is CCN(C)C(=S)N[C@H]1[C@H](OC(C)=O)O[C@H](COC(C)=O)[C@@H](OC(C)=O)[C@@H]1OC(C)=O. The maximum absolute atomic E-state index is 11.8. The Hall–Kier alpha value is -2.47. The smallest absolute Gasteiger partial charge is 0.305 e. The molecule has 1 N–H and O–H groups in total. The first-order valence-corrected chi connectivity index (χ1v) is 9.69. The molecule has 1 aliphatic rings. The molecule has 0 aromatic rings. The molecule has 170 valence electrons. The van der Waals surface area contributed by atoms with Crippen molar-refractivity contribution in [1.29, 1.82) is 0 Å². The second kappa shape index (κ2) is 11.6. The number of carbonyl (C=O) groups excluding carboxylic acids is 4. The van der Waals surface area contributed by atoms with Gasteiger partial charge in [0, 0.05) is 41.3 Å². The van der Waals surface area contributed by atoms with Crippen molar-refractivity contribution in [3.05, 3.63) is 0 Å². The molecule has 0 bridgehead atoms. The van der Waals surface area contributed by atoms with Crippen molar-refractivity contribution in [2.24, 2.45) is 0 Å². The first-order valence-electron chi connectivity index (χ1n) is 9.28. The molecule has 0 spiro atoms. The molecule has 0 aromatic heterocycles. The van der Waals surface area contributed by atoms with Crippen LogP contribution in [-0.4, -0.2) is 84.7 Å². The molecular weight excluding hydrogens is 420 g/mol. The molecule has 1 aliphatic heterocycles. The first-order chi connectivity index (χ1) is 14.0. The lowest BCUT2D eigenvalue weighted by Crippen LogP contribution is -2.67. The molecular formula is C18H28N2O9S. The van der Waals surface area contributed by atoms with Crippen molar-refractivity contribution in [3.63, 3.8) is 0 Å². The van der Waals surface area contributed by atoms with E-state index in [2.05, 4.69) is 5.32 Å². The molecule has 1 heterocycles. The molecule has 0 unspecified atom stereocenters. The molecule has 1 fully saturated rings. The largest absolute Gasteiger partial charge is 0.463 e. The van der Waals surface area contributed by atoms with Gasteiger partial charge >= 0.3 is 23.9 Å². The third kappa shape index (κ3) is 7.75. The number of carbonyl (C=O) groups is 4. The van der Waals surface area contributed by atoms with E-state index in [-0.39, 0.29) is 11.7 Å². The zero-order valence-electron chi connectivity index (χ0n) is 17.8. The Labute approximate surface area is 180 Å². The highest BCUT2D eigenvalue weighted by Gasteiger charge is 2.52. The Morgan fingerprint density at radius 3 is 1.93 bits per heavy atom. The van der Waals surface area contributed by atoms with E-state index in [4.69, 9.17) is 35.9 Å². The van der Waals surface area contributed by atoms with Gasteiger partial charge in [-0.05, 0) is 19.1 Å². The maximum Gasteiger partial charge on any atom is 0.305 e. The Balaban J connectivity index is 3.35. The highest BCUT2D eigenvalue weighted by atomic mass is 32.1. The summed E-state index contributed by atoms with van der Waals surface area (Å²) in [4.78, 5) is 48.1. The summed E-state index contributed by atoms with van der Waals surface area (Å²) in [5.74, 6) is -2.61. The molecule has 5 atom stereocenters. The molecule has 1 saturated heterocycles. The third-order valence-electron chi connectivity index (χ3n) is 4.09. The van der Waals surface area contributed by atoms with Crippen LogP contribution in [0.1, 0.15) is 34.6 Å². The lowest BCUT2D eigenvalue weighted by molar-refractivity contribution is -0.269. The molecule has 0 aromatic carbocycles. The number of thiocarbonyl (C=S) groups is 1. The zero-order chi connectivity index (χ0) is 23.0. The van der Waals surface area contributed by atoms with Gasteiger partial charge in [0.15, 0.2) is 17.3 Å². The maximum atomic E-state index is 11.8. The van der Waals surface area contributed by atoms with E-state index in [9.17, 15) is 19.2 Å². The highest BCUT2D eigenvalue weighted by molar-refractivity contribution is 7.80. The monoisotopic (exact) mass is 448 g/mol. The van der Waals surface area contributed by atoms with Crippen molar-refractivity contribution in [2.45, 2.75) is 65.3 Å². The van der Waals surface area contributed by atoms with Crippen LogP contribution in [0.3, 0.4) is 0 Å². The van der Waals surface area contributed by atoms with Gasteiger partial charge in [0.25, 0.3) is 0 Å². The Kier molecular flexibility index (Phi) is 9.93. The van der Waals surface area contributed by atoms with Gasteiger partial charge in [0.2, 0.25) is 6.29 Å². The average Bonchev–Trinajstić information content (AvgIpc) is 2.62. The fourth-order valence-electron chi connectivity index (χ4n) is 2.72. The number of ether oxygens (including phenoxy) is 5. The van der Waals surface area contributed by atoms with Crippen LogP contribution in [0.4, 0.5) is 0 Å². The van der Waals surface area contributed by atoms with Gasteiger partial charge in [-0.15, -0.1) is 0 Å². The van der Waals surface area contributed by atoms with Crippen molar-refractivity contribution in [3.8, 4) is 0 Å². The number of hydrogen-bond acceptors (Lipinski definition) is 10. The quantitative estimate of drug-likeness (QED) is 0.317. The van der Waals surface area contributed by atoms with Gasteiger partial charge in [-0.25, -0.2) is 0 Å². The minimum Gasteiger partial charge on any atom is -0.463 e. The number of hydrogen-bond donors (Lipinski definition) is 1. The fraction of sp³-hybridized carbons (Fsp3) is 0.722. The zero-order valence-corrected chi connectivity index (χ0v) is 18.6. The van der Waals surface area contributed by atoms with Gasteiger partial charge in [-0.1, -0.05) is 0 Å². The number of nitrogens with one attached hydrogen (secondary N) is 1. The lowest BCUT2D eigenvalue weighted by atomic mass is 9.96. The molecule has 12 heteroatoms. The normalized spacial score (nSPS) is 25.5. The van der Waals surface area contributed by atoms with Crippen molar-refractivity contribution in [2.75, 3.05) is 20.2 Å². The van der Waals surface area contributed by atoms with Gasteiger partial charge in [-0.2, -0.15) is 0 Å². The van der Waals surface area contributed by atoms with Crippen LogP contribution in [0.5, 0.6) is 0 Å². The van der Waals surface area contributed by atoms with E-state index in [1.165, 1.54) is 27.7 Å². The van der Waals surface area contributed by atoms with Crippen molar-refractivity contribution >= 4 is 41.2 Å². The van der Waals surface area contributed by atoms with E-state index in [0.29, 0.717) is 6.54 Å². The van der Waals surface area contributed by atoms with Crippen LogP contribution in [0, 0.1) is 0 Å². The van der Waals surface area contributed by atoms with Gasteiger partial charge in [0.1, 0.15) is 18.8 Å². The van der Waals surface area contributed by atoms with E-state index < -0.39 is 54.5 Å². The summed E-state index contributed by atoms with van der Waals surface area (Å²) >= 11 is 5.33. The predicted octanol–water partition coefficient (Wildman–Crippen LogP) is -0.104. The fourth-order valence-corrected chi connectivity index (χ4v) is 2.98. The topological polar surface area (TPSA) is 130 Å².